The molecule has 0 fully saturated rings. The number of sulfonamides is 1. The highest BCUT2D eigenvalue weighted by molar-refractivity contribution is 7.89. The lowest BCUT2D eigenvalue weighted by atomic mass is 10.0. The van der Waals surface area contributed by atoms with Gasteiger partial charge in [-0.2, -0.15) is 0 Å². The predicted molar refractivity (Wildman–Crippen MR) is 81.1 cm³/mol. The Balaban J connectivity index is 2.99. The second kappa shape index (κ2) is 6.92. The second-order valence-corrected chi connectivity index (χ2v) is 6.85. The smallest absolute Gasteiger partial charge is 0.240 e. The van der Waals surface area contributed by atoms with Crippen LogP contribution in [-0.2, 0) is 10.0 Å². The number of anilines is 2. The Bertz CT molecular complexity index is 544. The van der Waals surface area contributed by atoms with Crippen molar-refractivity contribution in [1.29, 1.82) is 0 Å². The van der Waals surface area contributed by atoms with Gasteiger partial charge in [0, 0.05) is 12.6 Å². The summed E-state index contributed by atoms with van der Waals surface area (Å²) in [7, 11) is -2.14. The molecule has 0 spiro atoms. The zero-order valence-electron chi connectivity index (χ0n) is 12.1. The highest BCUT2D eigenvalue weighted by Crippen LogP contribution is 2.25. The van der Waals surface area contributed by atoms with E-state index in [9.17, 15) is 8.42 Å². The van der Waals surface area contributed by atoms with Gasteiger partial charge in [0.2, 0.25) is 10.0 Å². The maximum Gasteiger partial charge on any atom is 0.240 e. The molecule has 1 rings (SSSR count). The summed E-state index contributed by atoms with van der Waals surface area (Å²) in [5, 5.41) is 12.3. The summed E-state index contributed by atoms with van der Waals surface area (Å²) in [6.07, 6.45) is 0.605. The van der Waals surface area contributed by atoms with Crippen LogP contribution in [0.2, 0.25) is 0 Å². The molecular weight excluding hydrogens is 278 g/mol. The molecule has 5 N–H and O–H groups in total. The first-order valence-corrected chi connectivity index (χ1v) is 8.00. The number of aliphatic hydroxyl groups excluding tert-OH is 1. The molecule has 114 valence electrons. The van der Waals surface area contributed by atoms with Crippen molar-refractivity contribution in [1.82, 2.24) is 4.72 Å². The van der Waals surface area contributed by atoms with Gasteiger partial charge in [-0.25, -0.2) is 13.1 Å². The number of nitrogens with one attached hydrogen (secondary N) is 2. The molecule has 1 atom stereocenters. The van der Waals surface area contributed by atoms with Crippen LogP contribution in [0.1, 0.15) is 20.3 Å². The lowest BCUT2D eigenvalue weighted by Gasteiger charge is -2.23. The monoisotopic (exact) mass is 301 g/mol. The third-order valence-corrected chi connectivity index (χ3v) is 4.60. The van der Waals surface area contributed by atoms with E-state index in [1.54, 1.807) is 6.07 Å². The minimum absolute atomic E-state index is 0.0778. The van der Waals surface area contributed by atoms with E-state index in [-0.39, 0.29) is 17.5 Å². The fourth-order valence-electron chi connectivity index (χ4n) is 1.87. The number of hydrogen-bond acceptors (Lipinski definition) is 5. The van der Waals surface area contributed by atoms with E-state index in [0.29, 0.717) is 23.7 Å². The summed E-state index contributed by atoms with van der Waals surface area (Å²) < 4.78 is 25.6. The van der Waals surface area contributed by atoms with E-state index < -0.39 is 10.0 Å². The SMILES string of the molecule is CNS(=O)(=O)c1ccc(NC(CCO)C(C)C)c(N)c1. The number of nitrogens with two attached hydrogens (primary N) is 1. The highest BCUT2D eigenvalue weighted by Gasteiger charge is 2.16. The molecule has 1 aromatic rings. The largest absolute Gasteiger partial charge is 0.397 e. The van der Waals surface area contributed by atoms with Gasteiger partial charge in [0.1, 0.15) is 0 Å². The summed E-state index contributed by atoms with van der Waals surface area (Å²) in [6, 6.07) is 4.64. The molecular formula is C13H23N3O3S. The van der Waals surface area contributed by atoms with Gasteiger partial charge in [0.25, 0.3) is 0 Å². The minimum Gasteiger partial charge on any atom is -0.397 e. The number of hydrogen-bond donors (Lipinski definition) is 4. The van der Waals surface area contributed by atoms with Crippen molar-refractivity contribution in [2.24, 2.45) is 5.92 Å². The van der Waals surface area contributed by atoms with Crippen LogP contribution >= 0.6 is 0 Å². The van der Waals surface area contributed by atoms with Crippen LogP contribution in [0.4, 0.5) is 11.4 Å². The molecule has 0 amide bonds. The Morgan fingerprint density at radius 2 is 2.00 bits per heavy atom. The molecule has 1 aromatic carbocycles. The minimum atomic E-state index is -3.49. The van der Waals surface area contributed by atoms with Gasteiger partial charge >= 0.3 is 0 Å². The average Bonchev–Trinajstić information content (AvgIpc) is 2.39. The summed E-state index contributed by atoms with van der Waals surface area (Å²) >= 11 is 0. The highest BCUT2D eigenvalue weighted by atomic mass is 32.2. The second-order valence-electron chi connectivity index (χ2n) is 4.96. The molecule has 0 aliphatic rings. The Morgan fingerprint density at radius 3 is 2.45 bits per heavy atom. The Hall–Kier alpha value is -1.31. The van der Waals surface area contributed by atoms with E-state index in [1.165, 1.54) is 19.2 Å². The normalized spacial score (nSPS) is 13.4. The maximum absolute atomic E-state index is 11.7. The summed E-state index contributed by atoms with van der Waals surface area (Å²) in [6.45, 7) is 4.18. The first-order chi connectivity index (χ1) is 9.31. The van der Waals surface area contributed by atoms with Crippen LogP contribution in [0.25, 0.3) is 0 Å². The predicted octanol–water partition coefficient (Wildman–Crippen LogP) is 0.996. The van der Waals surface area contributed by atoms with Crippen LogP contribution < -0.4 is 15.8 Å². The summed E-state index contributed by atoms with van der Waals surface area (Å²) in [4.78, 5) is 0.131. The zero-order chi connectivity index (χ0) is 15.3. The molecule has 0 aromatic heterocycles. The quantitative estimate of drug-likeness (QED) is 0.562. The molecule has 6 nitrogen and oxygen atoms in total. The van der Waals surface area contributed by atoms with Crippen molar-refractivity contribution in [3.63, 3.8) is 0 Å². The number of benzene rings is 1. The molecule has 0 aliphatic heterocycles. The molecule has 0 aliphatic carbocycles. The number of rotatable bonds is 7. The Morgan fingerprint density at radius 1 is 1.35 bits per heavy atom. The van der Waals surface area contributed by atoms with Gasteiger partial charge in [-0.15, -0.1) is 0 Å². The molecule has 20 heavy (non-hydrogen) atoms. The van der Waals surface area contributed by atoms with Gasteiger partial charge in [-0.1, -0.05) is 13.8 Å². The van der Waals surface area contributed by atoms with Crippen LogP contribution in [-0.4, -0.2) is 33.2 Å². The Labute approximate surface area is 120 Å². The van der Waals surface area contributed by atoms with E-state index in [2.05, 4.69) is 10.0 Å². The fourth-order valence-corrected chi connectivity index (χ4v) is 2.63. The van der Waals surface area contributed by atoms with Gasteiger partial charge < -0.3 is 16.2 Å². The number of nitrogen functional groups attached to an aromatic ring is 1. The van der Waals surface area contributed by atoms with Crippen LogP contribution in [0.15, 0.2) is 23.1 Å². The topological polar surface area (TPSA) is 104 Å². The number of aliphatic hydroxyl groups is 1. The molecule has 0 heterocycles. The standard InChI is InChI=1S/C13H23N3O3S/c1-9(2)12(6-7-17)16-13-5-4-10(8-11(13)14)20(18,19)15-3/h4-5,8-9,12,15-17H,6-7,14H2,1-3H3. The van der Waals surface area contributed by atoms with Crippen LogP contribution in [0.3, 0.4) is 0 Å². The molecule has 7 heteroatoms. The third-order valence-electron chi connectivity index (χ3n) is 3.19. The Kier molecular flexibility index (Phi) is 5.79. The summed E-state index contributed by atoms with van der Waals surface area (Å²) in [5.41, 5.74) is 6.94. The molecule has 0 bridgehead atoms. The molecule has 0 radical (unpaired) electrons. The van der Waals surface area contributed by atoms with Crippen molar-refractivity contribution in [2.45, 2.75) is 31.2 Å². The third kappa shape index (κ3) is 4.09. The lowest BCUT2D eigenvalue weighted by Crippen LogP contribution is -2.27. The van der Waals surface area contributed by atoms with Crippen LogP contribution in [0, 0.1) is 5.92 Å². The summed E-state index contributed by atoms with van der Waals surface area (Å²) in [5.74, 6) is 0.322. The van der Waals surface area contributed by atoms with E-state index >= 15 is 0 Å². The lowest BCUT2D eigenvalue weighted by molar-refractivity contribution is 0.267. The van der Waals surface area contributed by atoms with Gasteiger partial charge in [-0.05, 0) is 37.6 Å². The fraction of sp³-hybridized carbons (Fsp3) is 0.538. The van der Waals surface area contributed by atoms with Crippen molar-refractivity contribution in [3.8, 4) is 0 Å². The first-order valence-electron chi connectivity index (χ1n) is 6.52. The van der Waals surface area contributed by atoms with Crippen molar-refractivity contribution >= 4 is 21.4 Å². The van der Waals surface area contributed by atoms with Gasteiger partial charge in [0.15, 0.2) is 0 Å². The van der Waals surface area contributed by atoms with Crippen molar-refractivity contribution in [2.75, 3.05) is 24.7 Å². The van der Waals surface area contributed by atoms with E-state index in [1.807, 2.05) is 13.8 Å². The van der Waals surface area contributed by atoms with Crippen molar-refractivity contribution in [3.05, 3.63) is 18.2 Å². The average molecular weight is 301 g/mol. The van der Waals surface area contributed by atoms with Crippen LogP contribution in [0.5, 0.6) is 0 Å². The first kappa shape index (κ1) is 16.7. The molecule has 1 unspecified atom stereocenters. The maximum atomic E-state index is 11.7. The van der Waals surface area contributed by atoms with Gasteiger partial charge in [-0.3, -0.25) is 0 Å². The molecule has 0 saturated heterocycles. The zero-order valence-corrected chi connectivity index (χ0v) is 12.9. The van der Waals surface area contributed by atoms with Gasteiger partial charge in [0.05, 0.1) is 16.3 Å². The van der Waals surface area contributed by atoms with E-state index in [4.69, 9.17) is 10.8 Å². The van der Waals surface area contributed by atoms with E-state index in [0.717, 1.165) is 0 Å². The van der Waals surface area contributed by atoms with Crippen molar-refractivity contribution < 1.29 is 13.5 Å². The molecule has 0 saturated carbocycles.